The number of carbonyl (C=O) groups is 1. The molecule has 3 rings (SSSR count). The van der Waals surface area contributed by atoms with Crippen molar-refractivity contribution in [2.24, 2.45) is 0 Å². The SMILES string of the molecule is O=C(c1cccnc1Nc1cccc(C(F)(F)F)c1)N1CCCCC1. The summed E-state index contributed by atoms with van der Waals surface area (Å²) in [6, 6.07) is 8.13. The molecule has 1 aromatic heterocycles. The Kier molecular flexibility index (Phi) is 4.92. The van der Waals surface area contributed by atoms with E-state index in [1.165, 1.54) is 18.3 Å². The van der Waals surface area contributed by atoms with E-state index in [-0.39, 0.29) is 17.4 Å². The minimum atomic E-state index is -4.42. The van der Waals surface area contributed by atoms with E-state index >= 15 is 0 Å². The van der Waals surface area contributed by atoms with Gasteiger partial charge in [-0.15, -0.1) is 0 Å². The summed E-state index contributed by atoms with van der Waals surface area (Å²) in [7, 11) is 0. The van der Waals surface area contributed by atoms with Gasteiger partial charge in [-0.1, -0.05) is 6.07 Å². The molecule has 0 bridgehead atoms. The number of aromatic nitrogens is 1. The largest absolute Gasteiger partial charge is 0.416 e. The summed E-state index contributed by atoms with van der Waals surface area (Å²) in [6.07, 6.45) is 0.105. The smallest absolute Gasteiger partial charge is 0.340 e. The van der Waals surface area contributed by atoms with Gasteiger partial charge in [0.05, 0.1) is 11.1 Å². The maximum Gasteiger partial charge on any atom is 0.416 e. The molecular formula is C18H18F3N3O. The average molecular weight is 349 g/mol. The van der Waals surface area contributed by atoms with Crippen molar-refractivity contribution in [3.63, 3.8) is 0 Å². The zero-order valence-electron chi connectivity index (χ0n) is 13.5. The monoisotopic (exact) mass is 349 g/mol. The maximum atomic E-state index is 12.9. The predicted octanol–water partition coefficient (Wildman–Crippen LogP) is 4.47. The molecule has 1 aliphatic rings. The van der Waals surface area contributed by atoms with Crippen LogP contribution in [0.25, 0.3) is 0 Å². The molecule has 1 fully saturated rings. The summed E-state index contributed by atoms with van der Waals surface area (Å²) in [5.41, 5.74) is -0.152. The van der Waals surface area contributed by atoms with Gasteiger partial charge < -0.3 is 10.2 Å². The van der Waals surface area contributed by atoms with Crippen molar-refractivity contribution in [2.45, 2.75) is 25.4 Å². The van der Waals surface area contributed by atoms with E-state index in [1.807, 2.05) is 0 Å². The van der Waals surface area contributed by atoms with E-state index in [1.54, 1.807) is 17.0 Å². The molecule has 0 aliphatic carbocycles. The van der Waals surface area contributed by atoms with E-state index in [0.717, 1.165) is 31.4 Å². The van der Waals surface area contributed by atoms with E-state index < -0.39 is 11.7 Å². The lowest BCUT2D eigenvalue weighted by Gasteiger charge is -2.27. The number of alkyl halides is 3. The zero-order chi connectivity index (χ0) is 17.9. The van der Waals surface area contributed by atoms with Crippen molar-refractivity contribution in [1.29, 1.82) is 0 Å². The van der Waals surface area contributed by atoms with Gasteiger partial charge in [0.15, 0.2) is 0 Å². The first kappa shape index (κ1) is 17.3. The Morgan fingerprint density at radius 3 is 2.56 bits per heavy atom. The van der Waals surface area contributed by atoms with Crippen LogP contribution in [0.3, 0.4) is 0 Å². The Bertz CT molecular complexity index is 755. The van der Waals surface area contributed by atoms with Crippen LogP contribution in [0.5, 0.6) is 0 Å². The topological polar surface area (TPSA) is 45.2 Å². The number of benzene rings is 1. The van der Waals surface area contributed by atoms with Gasteiger partial charge in [0.2, 0.25) is 0 Å². The third-order valence-electron chi connectivity index (χ3n) is 4.13. The summed E-state index contributed by atoms with van der Waals surface area (Å²) in [5, 5.41) is 2.85. The van der Waals surface area contributed by atoms with Crippen molar-refractivity contribution in [3.05, 3.63) is 53.7 Å². The molecule has 25 heavy (non-hydrogen) atoms. The molecule has 4 nitrogen and oxygen atoms in total. The lowest BCUT2D eigenvalue weighted by atomic mass is 10.1. The Hall–Kier alpha value is -2.57. The minimum Gasteiger partial charge on any atom is -0.340 e. The van der Waals surface area contributed by atoms with Crippen molar-refractivity contribution in [3.8, 4) is 0 Å². The Labute approximate surface area is 143 Å². The number of halogens is 3. The Balaban J connectivity index is 1.85. The Morgan fingerprint density at radius 2 is 1.84 bits per heavy atom. The van der Waals surface area contributed by atoms with Crippen LogP contribution in [0.2, 0.25) is 0 Å². The molecule has 1 saturated heterocycles. The number of hydrogen-bond acceptors (Lipinski definition) is 3. The van der Waals surface area contributed by atoms with E-state index in [2.05, 4.69) is 10.3 Å². The van der Waals surface area contributed by atoms with Crippen LogP contribution in [0.15, 0.2) is 42.6 Å². The van der Waals surface area contributed by atoms with Gasteiger partial charge in [-0.3, -0.25) is 4.79 Å². The lowest BCUT2D eigenvalue weighted by molar-refractivity contribution is -0.137. The molecule has 0 spiro atoms. The summed E-state index contributed by atoms with van der Waals surface area (Å²) >= 11 is 0. The molecule has 2 aromatic rings. The number of pyridine rings is 1. The van der Waals surface area contributed by atoms with E-state index in [4.69, 9.17) is 0 Å². The van der Waals surface area contributed by atoms with Crippen LogP contribution < -0.4 is 5.32 Å². The number of nitrogens with one attached hydrogen (secondary N) is 1. The predicted molar refractivity (Wildman–Crippen MR) is 88.7 cm³/mol. The molecule has 7 heteroatoms. The minimum absolute atomic E-state index is 0.151. The summed E-state index contributed by atoms with van der Waals surface area (Å²) in [4.78, 5) is 18.6. The standard InChI is InChI=1S/C18H18F3N3O/c19-18(20,21)13-6-4-7-14(12-13)23-16-15(8-5-9-22-16)17(25)24-10-2-1-3-11-24/h4-9,12H,1-3,10-11H2,(H,22,23). The molecule has 1 aromatic carbocycles. The van der Waals surface area contributed by atoms with Crippen molar-refractivity contribution in [2.75, 3.05) is 18.4 Å². The van der Waals surface area contributed by atoms with Gasteiger partial charge in [0, 0.05) is 25.0 Å². The second kappa shape index (κ2) is 7.13. The zero-order valence-corrected chi connectivity index (χ0v) is 13.5. The number of carbonyl (C=O) groups excluding carboxylic acids is 1. The number of nitrogens with zero attached hydrogens (tertiary/aromatic N) is 2. The number of anilines is 2. The van der Waals surface area contributed by atoms with Gasteiger partial charge in [-0.05, 0) is 49.6 Å². The van der Waals surface area contributed by atoms with Crippen molar-refractivity contribution >= 4 is 17.4 Å². The number of likely N-dealkylation sites (tertiary alicyclic amines) is 1. The van der Waals surface area contributed by atoms with Gasteiger partial charge in [0.25, 0.3) is 5.91 Å². The summed E-state index contributed by atoms with van der Waals surface area (Å²) < 4.78 is 38.6. The number of amides is 1. The number of hydrogen-bond donors (Lipinski definition) is 1. The normalized spacial score (nSPS) is 15.1. The molecule has 1 N–H and O–H groups in total. The highest BCUT2D eigenvalue weighted by Gasteiger charge is 2.30. The fraction of sp³-hybridized carbons (Fsp3) is 0.333. The first-order chi connectivity index (χ1) is 11.9. The molecule has 2 heterocycles. The lowest BCUT2D eigenvalue weighted by Crippen LogP contribution is -2.36. The molecule has 1 amide bonds. The molecular weight excluding hydrogens is 331 g/mol. The fourth-order valence-electron chi connectivity index (χ4n) is 2.85. The van der Waals surface area contributed by atoms with Crippen LogP contribution in [-0.4, -0.2) is 28.9 Å². The van der Waals surface area contributed by atoms with Gasteiger partial charge in [-0.25, -0.2) is 4.98 Å². The first-order valence-corrected chi connectivity index (χ1v) is 8.14. The van der Waals surface area contributed by atoms with Crippen LogP contribution in [0.4, 0.5) is 24.7 Å². The summed E-state index contributed by atoms with van der Waals surface area (Å²) in [6.45, 7) is 1.38. The highest BCUT2D eigenvalue weighted by Crippen LogP contribution is 2.31. The Morgan fingerprint density at radius 1 is 1.08 bits per heavy atom. The molecule has 0 unspecified atom stereocenters. The number of rotatable bonds is 3. The third kappa shape index (κ3) is 4.10. The van der Waals surface area contributed by atoms with Gasteiger partial charge in [-0.2, -0.15) is 13.2 Å². The second-order valence-electron chi connectivity index (χ2n) is 5.96. The van der Waals surface area contributed by atoms with Crippen LogP contribution in [0, 0.1) is 0 Å². The third-order valence-corrected chi connectivity index (χ3v) is 4.13. The van der Waals surface area contributed by atoms with Crippen LogP contribution in [-0.2, 0) is 6.18 Å². The molecule has 0 radical (unpaired) electrons. The summed E-state index contributed by atoms with van der Waals surface area (Å²) in [5.74, 6) is 0.111. The molecule has 132 valence electrons. The van der Waals surface area contributed by atoms with E-state index in [9.17, 15) is 18.0 Å². The van der Waals surface area contributed by atoms with Crippen LogP contribution >= 0.6 is 0 Å². The molecule has 0 atom stereocenters. The maximum absolute atomic E-state index is 12.9. The van der Waals surface area contributed by atoms with Crippen molar-refractivity contribution < 1.29 is 18.0 Å². The quantitative estimate of drug-likeness (QED) is 0.889. The van der Waals surface area contributed by atoms with Crippen LogP contribution in [0.1, 0.15) is 35.2 Å². The highest BCUT2D eigenvalue weighted by molar-refractivity contribution is 5.99. The molecule has 0 saturated carbocycles. The van der Waals surface area contributed by atoms with Gasteiger partial charge >= 0.3 is 6.18 Å². The van der Waals surface area contributed by atoms with Gasteiger partial charge in [0.1, 0.15) is 5.82 Å². The molecule has 1 aliphatic heterocycles. The fourth-order valence-corrected chi connectivity index (χ4v) is 2.85. The van der Waals surface area contributed by atoms with Crippen molar-refractivity contribution in [1.82, 2.24) is 9.88 Å². The first-order valence-electron chi connectivity index (χ1n) is 8.14. The highest BCUT2D eigenvalue weighted by atomic mass is 19.4. The van der Waals surface area contributed by atoms with E-state index in [0.29, 0.717) is 18.7 Å². The average Bonchev–Trinajstić information content (AvgIpc) is 2.62. The number of piperidine rings is 1. The second-order valence-corrected chi connectivity index (χ2v) is 5.96.